The topological polar surface area (TPSA) is 40.5 Å². The summed E-state index contributed by atoms with van der Waals surface area (Å²) in [6, 6.07) is 0. The lowest BCUT2D eigenvalue weighted by Gasteiger charge is -2.32. The summed E-state index contributed by atoms with van der Waals surface area (Å²) in [6.07, 6.45) is 12.2. The second kappa shape index (κ2) is 7.57. The van der Waals surface area contributed by atoms with Crippen LogP contribution >= 0.6 is 12.6 Å². The third-order valence-corrected chi connectivity index (χ3v) is 6.07. The van der Waals surface area contributed by atoms with Gasteiger partial charge in [0.15, 0.2) is 18.0 Å². The molecule has 0 bridgehead atoms. The molecular weight excluding hydrogens is 288 g/mol. The lowest BCUT2D eigenvalue weighted by Crippen LogP contribution is -2.33. The van der Waals surface area contributed by atoms with Gasteiger partial charge in [0.25, 0.3) is 0 Å². The summed E-state index contributed by atoms with van der Waals surface area (Å²) in [6.45, 7) is 0. The quantitative estimate of drug-likeness (QED) is 0.315. The molecule has 0 radical (unpaired) electrons. The first-order valence-corrected chi connectivity index (χ1v) is 9.05. The Morgan fingerprint density at radius 2 is 1.45 bits per heavy atom. The Morgan fingerprint density at radius 3 is 1.95 bits per heavy atom. The van der Waals surface area contributed by atoms with Gasteiger partial charge in [-0.1, -0.05) is 31.9 Å². The standard InChI is InChI=1S/C16H28O2S2/c17-16(18)10-8-13(9-11-16)3-1-2-12-4-6-14(7-5-12)15(19)20/h12-14,17-18H,1-11H2,(H,19,20)/p+1. The fourth-order valence-corrected chi connectivity index (χ4v) is 4.35. The van der Waals surface area contributed by atoms with Crippen molar-refractivity contribution < 1.29 is 10.2 Å². The summed E-state index contributed by atoms with van der Waals surface area (Å²) >= 11 is 8.73. The smallest absolute Gasteiger partial charge is 0.232 e. The van der Waals surface area contributed by atoms with Crippen molar-refractivity contribution in [2.24, 2.45) is 17.8 Å². The molecule has 0 aromatic carbocycles. The predicted molar refractivity (Wildman–Crippen MR) is 91.2 cm³/mol. The predicted octanol–water partition coefficient (Wildman–Crippen LogP) is 3.17. The van der Waals surface area contributed by atoms with Crippen LogP contribution in [0.15, 0.2) is 0 Å². The van der Waals surface area contributed by atoms with Crippen molar-refractivity contribution in [1.29, 1.82) is 0 Å². The molecule has 0 spiro atoms. The average Bonchev–Trinajstić information content (AvgIpc) is 2.41. The Kier molecular flexibility index (Phi) is 6.33. The lowest BCUT2D eigenvalue weighted by atomic mass is 9.78. The van der Waals surface area contributed by atoms with Crippen LogP contribution < -0.4 is 0 Å². The highest BCUT2D eigenvalue weighted by Gasteiger charge is 2.30. The summed E-state index contributed by atoms with van der Waals surface area (Å²) < 4.78 is 1.02. The van der Waals surface area contributed by atoms with Crippen LogP contribution in [-0.4, -0.2) is 20.2 Å². The largest absolute Gasteiger partial charge is 0.366 e. The van der Waals surface area contributed by atoms with Crippen molar-refractivity contribution in [2.75, 3.05) is 0 Å². The van der Waals surface area contributed by atoms with E-state index in [1.165, 1.54) is 44.9 Å². The molecule has 0 saturated heterocycles. The Hall–Kier alpha value is 0.360. The fourth-order valence-electron chi connectivity index (χ4n) is 3.83. The van der Waals surface area contributed by atoms with Crippen LogP contribution in [0.4, 0.5) is 0 Å². The van der Waals surface area contributed by atoms with E-state index in [-0.39, 0.29) is 0 Å². The minimum atomic E-state index is -1.37. The maximum absolute atomic E-state index is 9.53. The van der Waals surface area contributed by atoms with Crippen molar-refractivity contribution in [1.82, 2.24) is 0 Å². The molecule has 0 aromatic rings. The molecule has 116 valence electrons. The van der Waals surface area contributed by atoms with E-state index in [0.29, 0.717) is 24.7 Å². The van der Waals surface area contributed by atoms with Crippen molar-refractivity contribution in [3.8, 4) is 0 Å². The van der Waals surface area contributed by atoms with Crippen LogP contribution in [0.3, 0.4) is 0 Å². The first kappa shape index (κ1) is 16.7. The van der Waals surface area contributed by atoms with E-state index < -0.39 is 5.79 Å². The third kappa shape index (κ3) is 5.28. The summed E-state index contributed by atoms with van der Waals surface area (Å²) in [5.74, 6) is 0.862. The summed E-state index contributed by atoms with van der Waals surface area (Å²) in [5.41, 5.74) is 0. The average molecular weight is 318 g/mol. The highest BCUT2D eigenvalue weighted by Crippen LogP contribution is 2.36. The van der Waals surface area contributed by atoms with Gasteiger partial charge in [0.1, 0.15) is 0 Å². The Labute approximate surface area is 133 Å². The number of aliphatic hydroxyl groups is 2. The summed E-state index contributed by atoms with van der Waals surface area (Å²) in [5, 5.41) is 19.1. The lowest BCUT2D eigenvalue weighted by molar-refractivity contribution is -0.186. The van der Waals surface area contributed by atoms with Gasteiger partial charge in [0.2, 0.25) is 4.20 Å². The molecule has 0 atom stereocenters. The molecule has 0 aromatic heterocycles. The van der Waals surface area contributed by atoms with Crippen LogP contribution in [0.25, 0.3) is 0 Å². The summed E-state index contributed by atoms with van der Waals surface area (Å²) in [4.78, 5) is 0. The molecule has 2 nitrogen and oxygen atoms in total. The van der Waals surface area contributed by atoms with Crippen LogP contribution in [0.2, 0.25) is 0 Å². The fraction of sp³-hybridized carbons (Fsp3) is 0.938. The van der Waals surface area contributed by atoms with Gasteiger partial charge in [-0.15, -0.1) is 0 Å². The molecule has 2 aliphatic carbocycles. The normalized spacial score (nSPS) is 31.1. The van der Waals surface area contributed by atoms with Crippen LogP contribution in [0, 0.1) is 17.8 Å². The van der Waals surface area contributed by atoms with E-state index in [4.69, 9.17) is 0 Å². The molecule has 2 fully saturated rings. The van der Waals surface area contributed by atoms with E-state index in [1.54, 1.807) is 0 Å². The van der Waals surface area contributed by atoms with Gasteiger partial charge in [-0.25, -0.2) is 0 Å². The molecule has 0 amide bonds. The summed E-state index contributed by atoms with van der Waals surface area (Å²) in [7, 11) is 0. The van der Waals surface area contributed by atoms with Gasteiger partial charge < -0.3 is 10.2 Å². The highest BCUT2D eigenvalue weighted by molar-refractivity contribution is 8.06. The van der Waals surface area contributed by atoms with Gasteiger partial charge in [0, 0.05) is 18.8 Å². The van der Waals surface area contributed by atoms with Crippen LogP contribution in [0.1, 0.15) is 70.6 Å². The van der Waals surface area contributed by atoms with Crippen LogP contribution in [0.5, 0.6) is 0 Å². The third-order valence-electron chi connectivity index (χ3n) is 5.34. The molecule has 2 aliphatic rings. The van der Waals surface area contributed by atoms with Gasteiger partial charge in [-0.3, -0.25) is 0 Å². The van der Waals surface area contributed by atoms with Crippen molar-refractivity contribution in [3.63, 3.8) is 0 Å². The van der Waals surface area contributed by atoms with Crippen molar-refractivity contribution in [3.05, 3.63) is 0 Å². The van der Waals surface area contributed by atoms with Crippen molar-refractivity contribution in [2.45, 2.75) is 76.4 Å². The van der Waals surface area contributed by atoms with E-state index in [9.17, 15) is 10.2 Å². The van der Waals surface area contributed by atoms with E-state index in [2.05, 4.69) is 24.8 Å². The van der Waals surface area contributed by atoms with Gasteiger partial charge >= 0.3 is 0 Å². The molecule has 0 heterocycles. The Balaban J connectivity index is 1.57. The zero-order chi connectivity index (χ0) is 14.6. The first-order valence-electron chi connectivity index (χ1n) is 8.16. The molecule has 2 rings (SSSR count). The van der Waals surface area contributed by atoms with Gasteiger partial charge in [-0.05, 0) is 50.4 Å². The first-order chi connectivity index (χ1) is 9.46. The highest BCUT2D eigenvalue weighted by atomic mass is 32.1. The maximum atomic E-state index is 9.53. The van der Waals surface area contributed by atoms with Crippen LogP contribution in [-0.2, 0) is 12.2 Å². The molecular formula is C16H29O2S2+. The number of hydrogen-bond acceptors (Lipinski definition) is 2. The minimum Gasteiger partial charge on any atom is -0.366 e. The Morgan fingerprint density at radius 1 is 0.950 bits per heavy atom. The maximum Gasteiger partial charge on any atom is 0.232 e. The molecule has 0 unspecified atom stereocenters. The molecule has 2 saturated carbocycles. The van der Waals surface area contributed by atoms with E-state index in [0.717, 1.165) is 23.0 Å². The zero-order valence-corrected chi connectivity index (χ0v) is 14.1. The number of thiol groups is 2. The second-order valence-corrected chi connectivity index (χ2v) is 8.25. The van der Waals surface area contributed by atoms with Gasteiger partial charge in [-0.2, -0.15) is 0 Å². The SMILES string of the molecule is OC1(O)CCC(CCCC2CCC(C(S)=[SH+])CC2)CC1. The monoisotopic (exact) mass is 317 g/mol. The second-order valence-electron chi connectivity index (χ2n) is 6.93. The molecule has 20 heavy (non-hydrogen) atoms. The Bertz CT molecular complexity index is 312. The minimum absolute atomic E-state index is 0.561. The van der Waals surface area contributed by atoms with Gasteiger partial charge in [0.05, 0.1) is 0 Å². The van der Waals surface area contributed by atoms with Crippen molar-refractivity contribution >= 4 is 29.0 Å². The zero-order valence-electron chi connectivity index (χ0n) is 12.3. The number of rotatable bonds is 5. The number of hydrogen-bond donors (Lipinski definition) is 3. The molecule has 2 N–H and O–H groups in total. The van der Waals surface area contributed by atoms with E-state index in [1.807, 2.05) is 0 Å². The molecule has 4 heteroatoms. The molecule has 0 aliphatic heterocycles. The van der Waals surface area contributed by atoms with E-state index >= 15 is 0 Å².